The summed E-state index contributed by atoms with van der Waals surface area (Å²) in [6, 6.07) is 5.56. The highest BCUT2D eigenvalue weighted by molar-refractivity contribution is 6.35. The second kappa shape index (κ2) is 6.21. The average molecular weight is 247 g/mol. The Balaban J connectivity index is 2.60. The van der Waals surface area contributed by atoms with Crippen LogP contribution < -0.4 is 10.6 Å². The summed E-state index contributed by atoms with van der Waals surface area (Å²) in [6.07, 6.45) is 2.12. The minimum atomic E-state index is 0.670. The van der Waals surface area contributed by atoms with Crippen molar-refractivity contribution >= 4 is 28.9 Å². The van der Waals surface area contributed by atoms with E-state index in [0.29, 0.717) is 10.0 Å². The van der Waals surface area contributed by atoms with Gasteiger partial charge in [0.2, 0.25) is 0 Å². The van der Waals surface area contributed by atoms with E-state index in [1.165, 1.54) is 0 Å². The zero-order valence-electron chi connectivity index (χ0n) is 8.84. The van der Waals surface area contributed by atoms with Crippen molar-refractivity contribution in [3.8, 4) is 0 Å². The van der Waals surface area contributed by atoms with E-state index in [2.05, 4.69) is 4.90 Å². The Morgan fingerprint density at radius 1 is 1.13 bits per heavy atom. The van der Waals surface area contributed by atoms with Crippen LogP contribution in [0.3, 0.4) is 0 Å². The van der Waals surface area contributed by atoms with E-state index < -0.39 is 0 Å². The lowest BCUT2D eigenvalue weighted by molar-refractivity contribution is 0.728. The van der Waals surface area contributed by atoms with Crippen LogP contribution in [0.25, 0.3) is 0 Å². The number of nitrogens with zero attached hydrogens (tertiary/aromatic N) is 1. The van der Waals surface area contributed by atoms with Gasteiger partial charge in [-0.1, -0.05) is 23.2 Å². The minimum Gasteiger partial charge on any atom is -0.375 e. The molecule has 0 aliphatic heterocycles. The monoisotopic (exact) mass is 246 g/mol. The van der Waals surface area contributed by atoms with E-state index in [1.54, 1.807) is 6.07 Å². The lowest BCUT2D eigenvalue weighted by Crippen LogP contribution is -2.19. The fourth-order valence-corrected chi connectivity index (χ4v) is 1.90. The molecule has 0 amide bonds. The summed E-state index contributed by atoms with van der Waals surface area (Å²) in [5, 5.41) is 1.34. The predicted molar refractivity (Wildman–Crippen MR) is 68.0 cm³/mol. The number of halogens is 2. The molecule has 0 atom stereocenters. The van der Waals surface area contributed by atoms with Gasteiger partial charge < -0.3 is 10.6 Å². The van der Waals surface area contributed by atoms with Crippen molar-refractivity contribution in [2.45, 2.75) is 12.8 Å². The highest BCUT2D eigenvalue weighted by Gasteiger charge is 2.03. The molecule has 0 fully saturated rings. The van der Waals surface area contributed by atoms with Crippen LogP contribution in [-0.4, -0.2) is 20.1 Å². The molecule has 2 nitrogen and oxygen atoms in total. The molecule has 0 radical (unpaired) electrons. The molecule has 1 aromatic rings. The maximum Gasteiger partial charge on any atom is 0.0441 e. The molecule has 0 heterocycles. The molecule has 2 N–H and O–H groups in total. The number of unbranched alkanes of at least 4 members (excludes halogenated alkanes) is 1. The van der Waals surface area contributed by atoms with E-state index >= 15 is 0 Å². The maximum absolute atomic E-state index is 5.92. The molecule has 0 aliphatic rings. The van der Waals surface area contributed by atoms with Crippen LogP contribution in [0.4, 0.5) is 5.69 Å². The van der Waals surface area contributed by atoms with Crippen LogP contribution in [-0.2, 0) is 0 Å². The van der Waals surface area contributed by atoms with E-state index in [4.69, 9.17) is 28.9 Å². The number of nitrogens with two attached hydrogens (primary N) is 1. The van der Waals surface area contributed by atoms with Crippen LogP contribution in [0.1, 0.15) is 12.8 Å². The first-order valence-electron chi connectivity index (χ1n) is 5.01. The zero-order chi connectivity index (χ0) is 11.3. The molecule has 0 bridgehead atoms. The molecule has 0 saturated heterocycles. The van der Waals surface area contributed by atoms with Gasteiger partial charge in [-0.2, -0.15) is 0 Å². The van der Waals surface area contributed by atoms with Crippen molar-refractivity contribution in [1.29, 1.82) is 0 Å². The first-order chi connectivity index (χ1) is 7.13. The first-order valence-corrected chi connectivity index (χ1v) is 5.76. The van der Waals surface area contributed by atoms with Gasteiger partial charge in [0.25, 0.3) is 0 Å². The van der Waals surface area contributed by atoms with Crippen LogP contribution in [0.5, 0.6) is 0 Å². The third-order valence-corrected chi connectivity index (χ3v) is 2.67. The summed E-state index contributed by atoms with van der Waals surface area (Å²) in [5.74, 6) is 0. The molecule has 15 heavy (non-hydrogen) atoms. The molecule has 84 valence electrons. The highest BCUT2D eigenvalue weighted by atomic mass is 35.5. The van der Waals surface area contributed by atoms with Gasteiger partial charge in [-0.15, -0.1) is 0 Å². The topological polar surface area (TPSA) is 29.3 Å². The molecule has 0 spiro atoms. The number of hydrogen-bond donors (Lipinski definition) is 1. The third-order valence-electron chi connectivity index (χ3n) is 2.24. The van der Waals surface area contributed by atoms with Gasteiger partial charge >= 0.3 is 0 Å². The minimum absolute atomic E-state index is 0.670. The van der Waals surface area contributed by atoms with Crippen molar-refractivity contribution in [1.82, 2.24) is 0 Å². The Kier molecular flexibility index (Phi) is 5.23. The Morgan fingerprint density at radius 2 is 1.73 bits per heavy atom. The van der Waals surface area contributed by atoms with Gasteiger partial charge in [0.15, 0.2) is 0 Å². The molecule has 4 heteroatoms. The lowest BCUT2D eigenvalue weighted by Gasteiger charge is -2.19. The fraction of sp³-hybridized carbons (Fsp3) is 0.455. The van der Waals surface area contributed by atoms with E-state index in [1.807, 2.05) is 19.2 Å². The van der Waals surface area contributed by atoms with Crippen LogP contribution in [0.2, 0.25) is 10.0 Å². The Morgan fingerprint density at radius 3 is 2.27 bits per heavy atom. The Labute approximate surface area is 101 Å². The van der Waals surface area contributed by atoms with Gasteiger partial charge in [0.1, 0.15) is 0 Å². The van der Waals surface area contributed by atoms with E-state index in [9.17, 15) is 0 Å². The number of rotatable bonds is 5. The van der Waals surface area contributed by atoms with Crippen molar-refractivity contribution in [2.75, 3.05) is 25.0 Å². The molecule has 0 aromatic heterocycles. The fourth-order valence-electron chi connectivity index (χ4n) is 1.38. The summed E-state index contributed by atoms with van der Waals surface area (Å²) in [5.41, 5.74) is 6.49. The number of benzene rings is 1. The molecule has 1 aromatic carbocycles. The molecule has 1 rings (SSSR count). The summed E-state index contributed by atoms with van der Waals surface area (Å²) in [7, 11) is 2.03. The highest BCUT2D eigenvalue weighted by Crippen LogP contribution is 2.24. The van der Waals surface area contributed by atoms with Gasteiger partial charge in [-0.3, -0.25) is 0 Å². The van der Waals surface area contributed by atoms with Crippen LogP contribution >= 0.6 is 23.2 Å². The molecular weight excluding hydrogens is 231 g/mol. The van der Waals surface area contributed by atoms with Crippen molar-refractivity contribution in [3.63, 3.8) is 0 Å². The predicted octanol–water partition coefficient (Wildman–Crippen LogP) is 3.17. The first kappa shape index (κ1) is 12.6. The van der Waals surface area contributed by atoms with Gasteiger partial charge in [0, 0.05) is 29.3 Å². The quantitative estimate of drug-likeness (QED) is 0.810. The Bertz CT molecular complexity index is 295. The standard InChI is InChI=1S/C11H16Cl2N2/c1-15(5-3-2-4-14)11-7-9(12)6-10(13)8-11/h6-8H,2-5,14H2,1H3. The third kappa shape index (κ3) is 4.29. The SMILES string of the molecule is CN(CCCCN)c1cc(Cl)cc(Cl)c1. The Hall–Kier alpha value is -0.440. The number of hydrogen-bond acceptors (Lipinski definition) is 2. The van der Waals surface area contributed by atoms with E-state index in [0.717, 1.165) is 31.6 Å². The van der Waals surface area contributed by atoms with Crippen LogP contribution in [0.15, 0.2) is 18.2 Å². The summed E-state index contributed by atoms with van der Waals surface area (Å²) in [6.45, 7) is 1.71. The van der Waals surface area contributed by atoms with Gasteiger partial charge in [0.05, 0.1) is 0 Å². The lowest BCUT2D eigenvalue weighted by atomic mass is 10.2. The summed E-state index contributed by atoms with van der Waals surface area (Å²) >= 11 is 11.8. The molecular formula is C11H16Cl2N2. The average Bonchev–Trinajstić information content (AvgIpc) is 2.16. The molecule has 0 saturated carbocycles. The van der Waals surface area contributed by atoms with Gasteiger partial charge in [-0.05, 0) is 37.6 Å². The number of anilines is 1. The summed E-state index contributed by atoms with van der Waals surface area (Å²) in [4.78, 5) is 2.13. The van der Waals surface area contributed by atoms with Gasteiger partial charge in [-0.25, -0.2) is 0 Å². The van der Waals surface area contributed by atoms with Crippen molar-refractivity contribution in [2.24, 2.45) is 5.73 Å². The van der Waals surface area contributed by atoms with Crippen molar-refractivity contribution in [3.05, 3.63) is 28.2 Å². The van der Waals surface area contributed by atoms with Crippen LogP contribution in [0, 0.1) is 0 Å². The second-order valence-corrected chi connectivity index (χ2v) is 4.42. The smallest absolute Gasteiger partial charge is 0.0441 e. The molecule has 0 aliphatic carbocycles. The second-order valence-electron chi connectivity index (χ2n) is 3.54. The van der Waals surface area contributed by atoms with E-state index in [-0.39, 0.29) is 0 Å². The zero-order valence-corrected chi connectivity index (χ0v) is 10.4. The largest absolute Gasteiger partial charge is 0.375 e. The molecule has 0 unspecified atom stereocenters. The maximum atomic E-state index is 5.92. The normalized spacial score (nSPS) is 10.4. The van der Waals surface area contributed by atoms with Crippen molar-refractivity contribution < 1.29 is 0 Å². The summed E-state index contributed by atoms with van der Waals surface area (Å²) < 4.78 is 0.